The van der Waals surface area contributed by atoms with Crippen LogP contribution in [0.5, 0.6) is 17.2 Å². The number of aliphatic hydroxyl groups excluding tert-OH is 1. The van der Waals surface area contributed by atoms with Crippen LogP contribution in [0.25, 0.3) is 0 Å². The van der Waals surface area contributed by atoms with Gasteiger partial charge in [0.2, 0.25) is 5.75 Å². The lowest BCUT2D eigenvalue weighted by Gasteiger charge is -2.21. The van der Waals surface area contributed by atoms with Crippen LogP contribution in [0.15, 0.2) is 42.5 Å². The summed E-state index contributed by atoms with van der Waals surface area (Å²) >= 11 is 0. The molecule has 0 bridgehead atoms. The number of rotatable bonds is 8. The van der Waals surface area contributed by atoms with Gasteiger partial charge in [0, 0.05) is 12.6 Å². The highest BCUT2D eigenvalue weighted by Gasteiger charge is 2.17. The van der Waals surface area contributed by atoms with Gasteiger partial charge in [0.1, 0.15) is 0 Å². The summed E-state index contributed by atoms with van der Waals surface area (Å²) in [4.78, 5) is 0. The number of aliphatic hydroxyl groups is 1. The molecule has 0 aliphatic carbocycles. The SMILES string of the molecule is COc1cc(CN[C@@H](C)[C@@H](O)c2ccccc2)cc(OC)c1OC. The third kappa shape index (κ3) is 4.19. The van der Waals surface area contributed by atoms with E-state index in [4.69, 9.17) is 14.2 Å². The minimum absolute atomic E-state index is 0.105. The molecule has 0 saturated carbocycles. The number of nitrogens with one attached hydrogen (secondary N) is 1. The van der Waals surface area contributed by atoms with Crippen molar-refractivity contribution in [1.82, 2.24) is 5.32 Å². The Hall–Kier alpha value is -2.24. The molecule has 2 aromatic carbocycles. The monoisotopic (exact) mass is 331 g/mol. The molecule has 0 heterocycles. The Kier molecular flexibility index (Phi) is 6.46. The molecule has 2 atom stereocenters. The minimum atomic E-state index is -0.576. The zero-order valence-corrected chi connectivity index (χ0v) is 14.6. The Morgan fingerprint density at radius 2 is 1.54 bits per heavy atom. The molecule has 2 aromatic rings. The number of hydrogen-bond acceptors (Lipinski definition) is 5. The Bertz CT molecular complexity index is 620. The fourth-order valence-electron chi connectivity index (χ4n) is 2.57. The van der Waals surface area contributed by atoms with E-state index in [1.54, 1.807) is 21.3 Å². The average Bonchev–Trinajstić information content (AvgIpc) is 2.65. The van der Waals surface area contributed by atoms with Crippen molar-refractivity contribution in [3.05, 3.63) is 53.6 Å². The summed E-state index contributed by atoms with van der Waals surface area (Å²) in [5.74, 6) is 1.80. The summed E-state index contributed by atoms with van der Waals surface area (Å²) in [6.45, 7) is 2.53. The minimum Gasteiger partial charge on any atom is -0.493 e. The molecule has 5 nitrogen and oxygen atoms in total. The van der Waals surface area contributed by atoms with E-state index in [0.717, 1.165) is 11.1 Å². The number of methoxy groups -OCH3 is 3. The van der Waals surface area contributed by atoms with Gasteiger partial charge in [0.05, 0.1) is 27.4 Å². The molecular formula is C19H25NO4. The van der Waals surface area contributed by atoms with E-state index in [1.165, 1.54) is 0 Å². The summed E-state index contributed by atoms with van der Waals surface area (Å²) in [6.07, 6.45) is -0.576. The average molecular weight is 331 g/mol. The van der Waals surface area contributed by atoms with Crippen molar-refractivity contribution in [3.8, 4) is 17.2 Å². The zero-order valence-electron chi connectivity index (χ0n) is 14.6. The summed E-state index contributed by atoms with van der Waals surface area (Å²) in [5.41, 5.74) is 1.87. The Morgan fingerprint density at radius 3 is 2.04 bits per heavy atom. The second-order valence-electron chi connectivity index (χ2n) is 5.56. The lowest BCUT2D eigenvalue weighted by Crippen LogP contribution is -2.31. The van der Waals surface area contributed by atoms with Crippen LogP contribution in [0, 0.1) is 0 Å². The first-order chi connectivity index (χ1) is 11.6. The molecule has 2 rings (SSSR count). The van der Waals surface area contributed by atoms with Gasteiger partial charge in [0.15, 0.2) is 11.5 Å². The van der Waals surface area contributed by atoms with Gasteiger partial charge < -0.3 is 24.6 Å². The predicted molar refractivity (Wildman–Crippen MR) is 93.8 cm³/mol. The van der Waals surface area contributed by atoms with Crippen molar-refractivity contribution >= 4 is 0 Å². The smallest absolute Gasteiger partial charge is 0.203 e. The van der Waals surface area contributed by atoms with Crippen molar-refractivity contribution in [2.24, 2.45) is 0 Å². The molecule has 0 fully saturated rings. The van der Waals surface area contributed by atoms with Gasteiger partial charge in [-0.05, 0) is 30.2 Å². The molecule has 2 N–H and O–H groups in total. The van der Waals surface area contributed by atoms with Gasteiger partial charge in [-0.25, -0.2) is 0 Å². The molecule has 130 valence electrons. The summed E-state index contributed by atoms with van der Waals surface area (Å²) in [7, 11) is 4.77. The summed E-state index contributed by atoms with van der Waals surface area (Å²) < 4.78 is 16.0. The van der Waals surface area contributed by atoms with Gasteiger partial charge in [-0.1, -0.05) is 30.3 Å². The normalized spacial score (nSPS) is 13.2. The van der Waals surface area contributed by atoms with E-state index < -0.39 is 6.10 Å². The van der Waals surface area contributed by atoms with E-state index in [2.05, 4.69) is 5.32 Å². The van der Waals surface area contributed by atoms with Crippen LogP contribution in [-0.4, -0.2) is 32.5 Å². The molecule has 0 amide bonds. The zero-order chi connectivity index (χ0) is 17.5. The maximum absolute atomic E-state index is 10.4. The Morgan fingerprint density at radius 1 is 0.958 bits per heavy atom. The van der Waals surface area contributed by atoms with Crippen LogP contribution in [0.1, 0.15) is 24.2 Å². The first kappa shape index (κ1) is 18.1. The summed E-state index contributed by atoms with van der Waals surface area (Å²) in [5, 5.41) is 13.8. The van der Waals surface area contributed by atoms with Crippen molar-refractivity contribution < 1.29 is 19.3 Å². The van der Waals surface area contributed by atoms with Crippen LogP contribution in [0.3, 0.4) is 0 Å². The van der Waals surface area contributed by atoms with E-state index >= 15 is 0 Å². The topological polar surface area (TPSA) is 60.0 Å². The first-order valence-electron chi connectivity index (χ1n) is 7.86. The van der Waals surface area contributed by atoms with Crippen molar-refractivity contribution in [2.45, 2.75) is 25.6 Å². The number of hydrogen-bond donors (Lipinski definition) is 2. The second-order valence-corrected chi connectivity index (χ2v) is 5.56. The van der Waals surface area contributed by atoms with Gasteiger partial charge in [-0.15, -0.1) is 0 Å². The van der Waals surface area contributed by atoms with Crippen LogP contribution in [0.4, 0.5) is 0 Å². The maximum Gasteiger partial charge on any atom is 0.203 e. The van der Waals surface area contributed by atoms with E-state index in [0.29, 0.717) is 23.8 Å². The summed E-state index contributed by atoms with van der Waals surface area (Å²) in [6, 6.07) is 13.3. The molecule has 24 heavy (non-hydrogen) atoms. The molecule has 0 saturated heterocycles. The highest BCUT2D eigenvalue weighted by Crippen LogP contribution is 2.38. The van der Waals surface area contributed by atoms with Gasteiger partial charge in [0.25, 0.3) is 0 Å². The maximum atomic E-state index is 10.4. The van der Waals surface area contributed by atoms with Gasteiger partial charge >= 0.3 is 0 Å². The van der Waals surface area contributed by atoms with Crippen molar-refractivity contribution in [3.63, 3.8) is 0 Å². The third-order valence-corrected chi connectivity index (χ3v) is 3.97. The van der Waals surface area contributed by atoms with Crippen LogP contribution in [-0.2, 0) is 6.54 Å². The highest BCUT2D eigenvalue weighted by molar-refractivity contribution is 5.53. The molecule has 5 heteroatoms. The van der Waals surface area contributed by atoms with Crippen LogP contribution in [0.2, 0.25) is 0 Å². The fraction of sp³-hybridized carbons (Fsp3) is 0.368. The quantitative estimate of drug-likeness (QED) is 0.779. The predicted octanol–water partition coefficient (Wildman–Crippen LogP) is 2.92. The number of benzene rings is 2. The van der Waals surface area contributed by atoms with Crippen LogP contribution < -0.4 is 19.5 Å². The molecule has 0 unspecified atom stereocenters. The van der Waals surface area contributed by atoms with E-state index in [-0.39, 0.29) is 6.04 Å². The Balaban J connectivity index is 2.08. The first-order valence-corrected chi connectivity index (χ1v) is 7.86. The largest absolute Gasteiger partial charge is 0.493 e. The fourth-order valence-corrected chi connectivity index (χ4v) is 2.57. The third-order valence-electron chi connectivity index (χ3n) is 3.97. The van der Waals surface area contributed by atoms with E-state index in [1.807, 2.05) is 49.4 Å². The standard InChI is InChI=1S/C19H25NO4/c1-13(18(21)15-8-6-5-7-9-15)20-12-14-10-16(22-2)19(24-4)17(11-14)23-3/h5-11,13,18,20-21H,12H2,1-4H3/t13-,18+/m0/s1. The molecular weight excluding hydrogens is 306 g/mol. The molecule has 0 aliphatic heterocycles. The Labute approximate surface area is 143 Å². The lowest BCUT2D eigenvalue weighted by molar-refractivity contribution is 0.135. The van der Waals surface area contributed by atoms with E-state index in [9.17, 15) is 5.11 Å². The molecule has 0 spiro atoms. The number of ether oxygens (including phenoxy) is 3. The van der Waals surface area contributed by atoms with Crippen molar-refractivity contribution in [1.29, 1.82) is 0 Å². The van der Waals surface area contributed by atoms with Gasteiger partial charge in [-0.2, -0.15) is 0 Å². The molecule has 0 aliphatic rings. The molecule has 0 aromatic heterocycles. The van der Waals surface area contributed by atoms with Crippen LogP contribution >= 0.6 is 0 Å². The van der Waals surface area contributed by atoms with Gasteiger partial charge in [-0.3, -0.25) is 0 Å². The lowest BCUT2D eigenvalue weighted by atomic mass is 10.0. The second kappa shape index (κ2) is 8.57. The molecule has 0 radical (unpaired) electrons. The van der Waals surface area contributed by atoms with Crippen molar-refractivity contribution in [2.75, 3.05) is 21.3 Å². The highest BCUT2D eigenvalue weighted by atomic mass is 16.5.